The number of hydrogen-bond donors (Lipinski definition) is 4. The summed E-state index contributed by atoms with van der Waals surface area (Å²) >= 11 is 3.38. The number of esters is 1. The lowest BCUT2D eigenvalue weighted by Gasteiger charge is -2.19. The number of carbonyl (C=O) groups is 3. The number of nitrogens with one attached hydrogen (secondary N) is 3. The Labute approximate surface area is 188 Å². The van der Waals surface area contributed by atoms with Crippen LogP contribution in [0, 0.1) is 0 Å². The smallest absolute Gasteiger partial charge is 0.308 e. The molecule has 1 unspecified atom stereocenters. The zero-order valence-electron chi connectivity index (χ0n) is 16.9. The molecule has 2 rings (SSSR count). The second-order valence-corrected chi connectivity index (χ2v) is 7.29. The number of nitrogens with two attached hydrogens (primary N) is 1. The summed E-state index contributed by atoms with van der Waals surface area (Å²) < 4.78 is 5.82. The lowest BCUT2D eigenvalue weighted by Crippen LogP contribution is -2.39. The van der Waals surface area contributed by atoms with Gasteiger partial charge in [-0.3, -0.25) is 14.4 Å². The Morgan fingerprint density at radius 2 is 1.97 bits per heavy atom. The number of benzene rings is 2. The van der Waals surface area contributed by atoms with E-state index in [-0.39, 0.29) is 19.6 Å². The van der Waals surface area contributed by atoms with Gasteiger partial charge in [0.25, 0.3) is 5.91 Å². The monoisotopic (exact) mass is 489 g/mol. The summed E-state index contributed by atoms with van der Waals surface area (Å²) in [5, 5.41) is 11.5. The predicted molar refractivity (Wildman–Crippen MR) is 121 cm³/mol. The minimum atomic E-state index is -0.593. The van der Waals surface area contributed by atoms with Crippen LogP contribution in [-0.2, 0) is 14.3 Å². The molecule has 0 aromatic heterocycles. The van der Waals surface area contributed by atoms with Gasteiger partial charge in [-0.15, -0.1) is 0 Å². The van der Waals surface area contributed by atoms with Gasteiger partial charge in [-0.05, 0) is 42.8 Å². The minimum Gasteiger partial charge on any atom is -0.466 e. The molecule has 0 saturated carbocycles. The molecule has 0 saturated heterocycles. The first-order valence-corrected chi connectivity index (χ1v) is 10.3. The van der Waals surface area contributed by atoms with Crippen molar-refractivity contribution in [2.75, 3.05) is 18.5 Å². The highest BCUT2D eigenvalue weighted by Crippen LogP contribution is 2.21. The fraction of sp³-hybridized carbons (Fsp3) is 0.238. The first-order valence-electron chi connectivity index (χ1n) is 9.50. The lowest BCUT2D eigenvalue weighted by molar-refractivity contribution is -0.143. The number of hydrazone groups is 1. The highest BCUT2D eigenvalue weighted by molar-refractivity contribution is 9.10. The van der Waals surface area contributed by atoms with Gasteiger partial charge in [0.05, 0.1) is 25.6 Å². The van der Waals surface area contributed by atoms with E-state index in [0.29, 0.717) is 11.3 Å². The molecule has 0 aliphatic heterocycles. The number of halogens is 1. The second kappa shape index (κ2) is 12.3. The Kier molecular flexibility index (Phi) is 9.50. The number of anilines is 1. The minimum absolute atomic E-state index is 0.0274. The van der Waals surface area contributed by atoms with Crippen LogP contribution in [0.25, 0.3) is 0 Å². The summed E-state index contributed by atoms with van der Waals surface area (Å²) in [6.07, 6.45) is 1.26. The Bertz CT molecular complexity index is 951. The maximum absolute atomic E-state index is 12.5. The Hall–Kier alpha value is -3.40. The van der Waals surface area contributed by atoms with Crippen LogP contribution in [0.3, 0.4) is 0 Å². The zero-order valence-corrected chi connectivity index (χ0v) is 18.5. The molecular formula is C21H24BrN5O4. The van der Waals surface area contributed by atoms with E-state index in [0.717, 1.165) is 10.0 Å². The van der Waals surface area contributed by atoms with Gasteiger partial charge < -0.3 is 26.5 Å². The third-order valence-corrected chi connectivity index (χ3v) is 4.60. The van der Waals surface area contributed by atoms with Crippen molar-refractivity contribution < 1.29 is 19.1 Å². The van der Waals surface area contributed by atoms with Crippen molar-refractivity contribution in [1.82, 2.24) is 10.6 Å². The molecular weight excluding hydrogens is 466 g/mol. The third-order valence-electron chi connectivity index (χ3n) is 4.10. The molecule has 2 aromatic rings. The molecule has 0 fully saturated rings. The van der Waals surface area contributed by atoms with Gasteiger partial charge in [0.1, 0.15) is 6.34 Å². The van der Waals surface area contributed by atoms with Crippen LogP contribution in [-0.4, -0.2) is 37.3 Å². The van der Waals surface area contributed by atoms with Gasteiger partial charge in [0.15, 0.2) is 0 Å². The molecule has 0 aliphatic carbocycles. The fourth-order valence-corrected chi connectivity index (χ4v) is 3.15. The highest BCUT2D eigenvalue weighted by atomic mass is 79.9. The van der Waals surface area contributed by atoms with Crippen LogP contribution in [0.15, 0.2) is 58.1 Å². The summed E-state index contributed by atoms with van der Waals surface area (Å²) in [6, 6.07) is 13.3. The standard InChI is InChI=1S/C21H24BrN5O4/c1-2-31-20(29)11-18(14-5-3-7-16(22)9-14)27-19(28)12-24-21(30)15-6-4-8-17(10-15)25-13-26-23/h3-10,13,18H,2,11-12,23H2,1H3,(H,24,30)(H,25,26)(H,27,28). The van der Waals surface area contributed by atoms with Gasteiger partial charge in [0, 0.05) is 15.7 Å². The van der Waals surface area contributed by atoms with Crippen molar-refractivity contribution in [1.29, 1.82) is 0 Å². The predicted octanol–water partition coefficient (Wildman–Crippen LogP) is 2.30. The molecule has 31 heavy (non-hydrogen) atoms. The van der Waals surface area contributed by atoms with E-state index in [1.165, 1.54) is 6.34 Å². The average molecular weight is 490 g/mol. The quantitative estimate of drug-likeness (QED) is 0.133. The first-order chi connectivity index (χ1) is 14.9. The van der Waals surface area contributed by atoms with Gasteiger partial charge in [-0.1, -0.05) is 34.1 Å². The summed E-state index contributed by atoms with van der Waals surface area (Å²) in [5.74, 6) is 3.75. The van der Waals surface area contributed by atoms with Crippen molar-refractivity contribution in [3.63, 3.8) is 0 Å². The summed E-state index contributed by atoms with van der Waals surface area (Å²) in [7, 11) is 0. The molecule has 9 nitrogen and oxygen atoms in total. The van der Waals surface area contributed by atoms with E-state index in [4.69, 9.17) is 10.6 Å². The van der Waals surface area contributed by atoms with Crippen LogP contribution in [0.4, 0.5) is 5.69 Å². The van der Waals surface area contributed by atoms with Gasteiger partial charge in [0.2, 0.25) is 5.91 Å². The number of ether oxygens (including phenoxy) is 1. The Morgan fingerprint density at radius 1 is 1.19 bits per heavy atom. The van der Waals surface area contributed by atoms with Crippen molar-refractivity contribution in [3.8, 4) is 0 Å². The molecule has 1 atom stereocenters. The molecule has 5 N–H and O–H groups in total. The second-order valence-electron chi connectivity index (χ2n) is 6.37. The van der Waals surface area contributed by atoms with Crippen LogP contribution < -0.4 is 21.8 Å². The van der Waals surface area contributed by atoms with E-state index in [2.05, 4.69) is 37.0 Å². The van der Waals surface area contributed by atoms with Crippen LogP contribution in [0.2, 0.25) is 0 Å². The number of amides is 2. The van der Waals surface area contributed by atoms with E-state index < -0.39 is 23.8 Å². The molecule has 0 heterocycles. The summed E-state index contributed by atoms with van der Waals surface area (Å²) in [6.45, 7) is 1.71. The van der Waals surface area contributed by atoms with Gasteiger partial charge in [-0.25, -0.2) is 0 Å². The molecule has 10 heteroatoms. The van der Waals surface area contributed by atoms with E-state index in [1.807, 2.05) is 18.2 Å². The van der Waals surface area contributed by atoms with Crippen LogP contribution in [0.1, 0.15) is 35.3 Å². The Balaban J connectivity index is 2.00. The summed E-state index contributed by atoms with van der Waals surface area (Å²) in [4.78, 5) is 36.8. The zero-order chi connectivity index (χ0) is 22.6. The molecule has 164 valence electrons. The van der Waals surface area contributed by atoms with E-state index in [1.54, 1.807) is 37.3 Å². The molecule has 0 bridgehead atoms. The maximum Gasteiger partial charge on any atom is 0.308 e. The van der Waals surface area contributed by atoms with E-state index in [9.17, 15) is 14.4 Å². The van der Waals surface area contributed by atoms with Gasteiger partial charge in [-0.2, -0.15) is 5.10 Å². The molecule has 2 amide bonds. The normalized spacial score (nSPS) is 11.5. The fourth-order valence-electron chi connectivity index (χ4n) is 2.73. The molecule has 2 aromatic carbocycles. The van der Waals surface area contributed by atoms with Crippen molar-refractivity contribution in [2.24, 2.45) is 10.9 Å². The lowest BCUT2D eigenvalue weighted by atomic mass is 10.0. The highest BCUT2D eigenvalue weighted by Gasteiger charge is 2.20. The van der Waals surface area contributed by atoms with Crippen LogP contribution >= 0.6 is 15.9 Å². The van der Waals surface area contributed by atoms with Crippen molar-refractivity contribution in [2.45, 2.75) is 19.4 Å². The van der Waals surface area contributed by atoms with Crippen molar-refractivity contribution >= 4 is 45.7 Å². The summed E-state index contributed by atoms with van der Waals surface area (Å²) in [5.41, 5.74) is 1.72. The number of nitrogens with zero attached hydrogens (tertiary/aromatic N) is 1. The maximum atomic E-state index is 12.5. The van der Waals surface area contributed by atoms with Gasteiger partial charge >= 0.3 is 5.97 Å². The molecule has 0 spiro atoms. The number of hydrogen-bond acceptors (Lipinski definition) is 6. The van der Waals surface area contributed by atoms with Crippen molar-refractivity contribution in [3.05, 3.63) is 64.1 Å². The molecule has 0 radical (unpaired) electrons. The number of rotatable bonds is 10. The van der Waals surface area contributed by atoms with Crippen LogP contribution in [0.5, 0.6) is 0 Å². The topological polar surface area (TPSA) is 135 Å². The van der Waals surface area contributed by atoms with E-state index >= 15 is 0 Å². The SMILES string of the molecule is CCOC(=O)CC(NC(=O)CNC(=O)c1cccc(NC=NN)c1)c1cccc(Br)c1. The Morgan fingerprint density at radius 3 is 2.68 bits per heavy atom. The number of carbonyl (C=O) groups excluding carboxylic acids is 3. The third kappa shape index (κ3) is 8.09. The average Bonchev–Trinajstić information content (AvgIpc) is 2.76. The molecule has 0 aliphatic rings. The first kappa shape index (κ1) is 23.9. The largest absolute Gasteiger partial charge is 0.466 e.